The largest absolute Gasteiger partial charge is 0.383 e. The first-order valence-electron chi connectivity index (χ1n) is 9.06. The Morgan fingerprint density at radius 1 is 1.19 bits per heavy atom. The quantitative estimate of drug-likeness (QED) is 0.839. The molecule has 2 aliphatic rings. The Labute approximate surface area is 151 Å². The fourth-order valence-corrected chi connectivity index (χ4v) is 3.49. The van der Waals surface area contributed by atoms with Crippen molar-refractivity contribution in [2.75, 3.05) is 19.6 Å². The molecule has 1 aromatic carbocycles. The molecule has 3 rings (SSSR count). The van der Waals surface area contributed by atoms with Crippen LogP contribution in [0.5, 0.6) is 0 Å². The molecule has 1 heterocycles. The molecule has 1 aliphatic heterocycles. The van der Waals surface area contributed by atoms with Crippen molar-refractivity contribution in [2.24, 2.45) is 5.92 Å². The molecule has 5 nitrogen and oxygen atoms in total. The number of amides is 2. The Balaban J connectivity index is 1.46. The topological polar surface area (TPSA) is 69.6 Å². The average molecular weight is 366 g/mol. The van der Waals surface area contributed by atoms with Gasteiger partial charge in [0.2, 0.25) is 0 Å². The summed E-state index contributed by atoms with van der Waals surface area (Å²) in [4.78, 5) is 26.0. The van der Waals surface area contributed by atoms with Gasteiger partial charge in [-0.25, -0.2) is 0 Å². The van der Waals surface area contributed by atoms with E-state index in [0.717, 1.165) is 0 Å². The zero-order chi connectivity index (χ0) is 18.8. The van der Waals surface area contributed by atoms with Crippen LogP contribution in [0.1, 0.15) is 42.5 Å². The molecule has 7 heteroatoms. The van der Waals surface area contributed by atoms with E-state index in [2.05, 4.69) is 5.32 Å². The van der Waals surface area contributed by atoms with Crippen molar-refractivity contribution in [2.45, 2.75) is 43.6 Å². The van der Waals surface area contributed by atoms with Crippen LogP contribution in [0.2, 0.25) is 0 Å². The van der Waals surface area contributed by atoms with E-state index in [0.29, 0.717) is 37.9 Å². The average Bonchev–Trinajstić information content (AvgIpc) is 2.64. The van der Waals surface area contributed by atoms with Crippen molar-refractivity contribution < 1.29 is 23.5 Å². The molecule has 0 spiro atoms. The van der Waals surface area contributed by atoms with Crippen molar-refractivity contribution in [3.8, 4) is 0 Å². The number of carbonyl (C=O) groups excluding carboxylic acids is 2. The van der Waals surface area contributed by atoms with Gasteiger partial charge < -0.3 is 15.3 Å². The summed E-state index contributed by atoms with van der Waals surface area (Å²) in [6.45, 7) is 1.21. The molecular formula is C19H24F2N2O3. The summed E-state index contributed by atoms with van der Waals surface area (Å²) in [6.07, 6.45) is 1.71. The molecule has 1 saturated carbocycles. The van der Waals surface area contributed by atoms with E-state index in [1.165, 1.54) is 0 Å². The lowest BCUT2D eigenvalue weighted by atomic mass is 9.75. The normalized spacial score (nSPS) is 20.3. The number of rotatable bonds is 5. The molecular weight excluding hydrogens is 342 g/mol. The minimum absolute atomic E-state index is 0.0353. The highest BCUT2D eigenvalue weighted by Crippen LogP contribution is 2.44. The molecule has 0 unspecified atom stereocenters. The predicted octanol–water partition coefficient (Wildman–Crippen LogP) is 2.21. The second-order valence-corrected chi connectivity index (χ2v) is 7.27. The second kappa shape index (κ2) is 7.31. The number of benzene rings is 1. The van der Waals surface area contributed by atoms with Crippen LogP contribution in [0.25, 0.3) is 0 Å². The van der Waals surface area contributed by atoms with Crippen molar-refractivity contribution in [3.05, 3.63) is 35.9 Å². The fourth-order valence-electron chi connectivity index (χ4n) is 3.49. The molecule has 0 bridgehead atoms. The fraction of sp³-hybridized carbons (Fsp3) is 0.579. The van der Waals surface area contributed by atoms with Crippen LogP contribution in [-0.4, -0.2) is 53.0 Å². The maximum atomic E-state index is 14.0. The number of aliphatic hydroxyl groups is 1. The summed E-state index contributed by atoms with van der Waals surface area (Å²) in [7, 11) is 0. The van der Waals surface area contributed by atoms with Gasteiger partial charge in [0.1, 0.15) is 5.60 Å². The summed E-state index contributed by atoms with van der Waals surface area (Å²) in [5.41, 5.74) is -1.56. The number of piperidine rings is 1. The van der Waals surface area contributed by atoms with Gasteiger partial charge in [-0.05, 0) is 50.2 Å². The van der Waals surface area contributed by atoms with Gasteiger partial charge in [-0.1, -0.05) is 18.2 Å². The monoisotopic (exact) mass is 366 g/mol. The predicted molar refractivity (Wildman–Crippen MR) is 91.8 cm³/mol. The first kappa shape index (κ1) is 18.8. The number of nitrogens with one attached hydrogen (secondary N) is 1. The first-order valence-corrected chi connectivity index (χ1v) is 9.06. The highest BCUT2D eigenvalue weighted by molar-refractivity contribution is 5.94. The summed E-state index contributed by atoms with van der Waals surface area (Å²) in [6, 6.07) is 9.00. The third-order valence-corrected chi connectivity index (χ3v) is 5.52. The van der Waals surface area contributed by atoms with E-state index in [-0.39, 0.29) is 31.2 Å². The van der Waals surface area contributed by atoms with Crippen molar-refractivity contribution in [1.82, 2.24) is 10.2 Å². The van der Waals surface area contributed by atoms with E-state index in [1.54, 1.807) is 17.0 Å². The van der Waals surface area contributed by atoms with E-state index in [4.69, 9.17) is 0 Å². The summed E-state index contributed by atoms with van der Waals surface area (Å²) in [5.74, 6) is -5.14. The van der Waals surface area contributed by atoms with Crippen LogP contribution in [0.4, 0.5) is 8.78 Å². The number of nitrogens with zero attached hydrogens (tertiary/aromatic N) is 1. The Morgan fingerprint density at radius 3 is 2.35 bits per heavy atom. The minimum atomic E-state index is -3.75. The smallest absolute Gasteiger partial charge is 0.352 e. The molecule has 0 radical (unpaired) electrons. The van der Waals surface area contributed by atoms with Crippen LogP contribution < -0.4 is 5.32 Å². The maximum absolute atomic E-state index is 14.0. The van der Waals surface area contributed by atoms with Crippen LogP contribution >= 0.6 is 0 Å². The molecule has 2 amide bonds. The number of carbonyl (C=O) groups is 2. The number of hydrogen-bond donors (Lipinski definition) is 2. The molecule has 1 saturated heterocycles. The first-order chi connectivity index (χ1) is 12.3. The summed E-state index contributed by atoms with van der Waals surface area (Å²) < 4.78 is 28.1. The van der Waals surface area contributed by atoms with Crippen molar-refractivity contribution >= 4 is 11.8 Å². The molecule has 0 atom stereocenters. The molecule has 1 aliphatic carbocycles. The standard InChI is InChI=1S/C19H24F2N2O3/c20-19(21,18(26)9-4-10-18)17(25)22-13-14-7-11-23(12-8-14)16(24)15-5-2-1-3-6-15/h1-3,5-6,14,26H,4,7-13H2,(H,22,25). The Bertz CT molecular complexity index is 654. The van der Waals surface area contributed by atoms with Crippen LogP contribution in [0, 0.1) is 5.92 Å². The zero-order valence-electron chi connectivity index (χ0n) is 14.6. The second-order valence-electron chi connectivity index (χ2n) is 7.27. The van der Waals surface area contributed by atoms with Gasteiger partial charge in [-0.15, -0.1) is 0 Å². The molecule has 1 aromatic rings. The van der Waals surface area contributed by atoms with Crippen molar-refractivity contribution in [1.29, 1.82) is 0 Å². The molecule has 2 fully saturated rings. The van der Waals surface area contributed by atoms with Gasteiger partial charge in [-0.3, -0.25) is 9.59 Å². The van der Waals surface area contributed by atoms with E-state index >= 15 is 0 Å². The van der Waals surface area contributed by atoms with E-state index < -0.39 is 17.4 Å². The molecule has 26 heavy (non-hydrogen) atoms. The summed E-state index contributed by atoms with van der Waals surface area (Å²) in [5, 5.41) is 12.1. The zero-order valence-corrected chi connectivity index (χ0v) is 14.6. The third-order valence-electron chi connectivity index (χ3n) is 5.52. The highest BCUT2D eigenvalue weighted by atomic mass is 19.3. The van der Waals surface area contributed by atoms with E-state index in [9.17, 15) is 23.5 Å². The van der Waals surface area contributed by atoms with E-state index in [1.807, 2.05) is 18.2 Å². The molecule has 142 valence electrons. The van der Waals surface area contributed by atoms with Gasteiger partial charge >= 0.3 is 5.92 Å². The van der Waals surface area contributed by atoms with Crippen LogP contribution in [0.15, 0.2) is 30.3 Å². The SMILES string of the molecule is O=C(c1ccccc1)N1CCC(CNC(=O)C(F)(F)C2(O)CCC2)CC1. The number of likely N-dealkylation sites (tertiary alicyclic amines) is 1. The lowest BCUT2D eigenvalue weighted by Gasteiger charge is -2.41. The third kappa shape index (κ3) is 3.58. The minimum Gasteiger partial charge on any atom is -0.383 e. The Kier molecular flexibility index (Phi) is 5.27. The Hall–Kier alpha value is -2.02. The maximum Gasteiger partial charge on any atom is 0.352 e. The van der Waals surface area contributed by atoms with Gasteiger partial charge in [0.15, 0.2) is 0 Å². The Morgan fingerprint density at radius 2 is 1.81 bits per heavy atom. The van der Waals surface area contributed by atoms with Gasteiger partial charge in [-0.2, -0.15) is 8.78 Å². The lowest BCUT2D eigenvalue weighted by molar-refractivity contribution is -0.216. The van der Waals surface area contributed by atoms with Gasteiger partial charge in [0.05, 0.1) is 0 Å². The number of hydrogen-bond acceptors (Lipinski definition) is 3. The lowest BCUT2D eigenvalue weighted by Crippen LogP contribution is -2.61. The van der Waals surface area contributed by atoms with Crippen molar-refractivity contribution in [3.63, 3.8) is 0 Å². The van der Waals surface area contributed by atoms with Gasteiger partial charge in [0.25, 0.3) is 11.8 Å². The molecule has 2 N–H and O–H groups in total. The number of alkyl halides is 2. The number of halogens is 2. The van der Waals surface area contributed by atoms with Crippen LogP contribution in [-0.2, 0) is 4.79 Å². The summed E-state index contributed by atoms with van der Waals surface area (Å²) >= 11 is 0. The van der Waals surface area contributed by atoms with Crippen LogP contribution in [0.3, 0.4) is 0 Å². The molecule has 0 aromatic heterocycles. The van der Waals surface area contributed by atoms with Gasteiger partial charge in [0, 0.05) is 25.2 Å². The highest BCUT2D eigenvalue weighted by Gasteiger charge is 2.61.